The third-order valence-electron chi connectivity index (χ3n) is 4.56. The van der Waals surface area contributed by atoms with E-state index < -0.39 is 0 Å². The molecule has 0 saturated carbocycles. The summed E-state index contributed by atoms with van der Waals surface area (Å²) in [7, 11) is 0. The number of hydrogen-bond donors (Lipinski definition) is 1. The molecule has 3 rings (SSSR count). The van der Waals surface area contributed by atoms with Crippen molar-refractivity contribution in [1.82, 2.24) is 9.80 Å². The van der Waals surface area contributed by atoms with Gasteiger partial charge in [-0.1, -0.05) is 42.2 Å². The normalized spacial score (nSPS) is 15.3. The van der Waals surface area contributed by atoms with E-state index in [2.05, 4.69) is 33.8 Å². The summed E-state index contributed by atoms with van der Waals surface area (Å²) in [4.78, 5) is 4.95. The van der Waals surface area contributed by atoms with E-state index >= 15 is 0 Å². The first-order valence-corrected chi connectivity index (χ1v) is 9.15. The van der Waals surface area contributed by atoms with Gasteiger partial charge in [-0.05, 0) is 29.8 Å². The Bertz CT molecular complexity index is 711. The fraction of sp³-hybridized carbons (Fsp3) is 0.364. The monoisotopic (exact) mass is 350 g/mol. The first-order valence-electron chi connectivity index (χ1n) is 9.15. The number of piperazine rings is 1. The van der Waals surface area contributed by atoms with Gasteiger partial charge in [0.05, 0.1) is 0 Å². The Morgan fingerprint density at radius 1 is 0.885 bits per heavy atom. The molecule has 1 aliphatic heterocycles. The molecule has 0 unspecified atom stereocenters. The maximum absolute atomic E-state index is 8.74. The second kappa shape index (κ2) is 9.98. The van der Waals surface area contributed by atoms with E-state index in [4.69, 9.17) is 9.84 Å². The zero-order chi connectivity index (χ0) is 18.0. The van der Waals surface area contributed by atoms with Crippen LogP contribution in [0.15, 0.2) is 54.6 Å². The summed E-state index contributed by atoms with van der Waals surface area (Å²) in [6, 6.07) is 18.3. The molecule has 0 aliphatic carbocycles. The predicted molar refractivity (Wildman–Crippen MR) is 104 cm³/mol. The van der Waals surface area contributed by atoms with Crippen LogP contribution in [0.5, 0.6) is 5.75 Å². The van der Waals surface area contributed by atoms with Gasteiger partial charge in [0.15, 0.2) is 0 Å². The molecule has 2 aromatic rings. The molecule has 136 valence electrons. The molecular weight excluding hydrogens is 324 g/mol. The standard InChI is InChI=1S/C22H26N2O2/c25-17-4-5-20-8-10-21(11-9-20)19-24-14-12-23(13-15-24)16-18-26-22-6-2-1-3-7-22/h1-3,6-11,25H,12-19H2. The van der Waals surface area contributed by atoms with Crippen LogP contribution in [0.25, 0.3) is 0 Å². The second-order valence-corrected chi connectivity index (χ2v) is 6.44. The van der Waals surface area contributed by atoms with Gasteiger partial charge in [0.1, 0.15) is 19.0 Å². The summed E-state index contributed by atoms with van der Waals surface area (Å²) in [5.41, 5.74) is 2.26. The van der Waals surface area contributed by atoms with Gasteiger partial charge in [0.2, 0.25) is 0 Å². The summed E-state index contributed by atoms with van der Waals surface area (Å²) in [6.45, 7) is 6.91. The molecule has 1 aliphatic rings. The smallest absolute Gasteiger partial charge is 0.119 e. The van der Waals surface area contributed by atoms with E-state index in [0.717, 1.165) is 57.2 Å². The average molecular weight is 350 g/mol. The van der Waals surface area contributed by atoms with Crippen LogP contribution in [0.1, 0.15) is 11.1 Å². The molecule has 0 aromatic heterocycles. The highest BCUT2D eigenvalue weighted by Crippen LogP contribution is 2.11. The number of ether oxygens (including phenoxy) is 1. The molecule has 0 atom stereocenters. The summed E-state index contributed by atoms with van der Waals surface area (Å²) in [6.07, 6.45) is 0. The van der Waals surface area contributed by atoms with Gasteiger partial charge >= 0.3 is 0 Å². The van der Waals surface area contributed by atoms with Crippen molar-refractivity contribution >= 4 is 0 Å². The topological polar surface area (TPSA) is 35.9 Å². The Morgan fingerprint density at radius 2 is 1.58 bits per heavy atom. The zero-order valence-electron chi connectivity index (χ0n) is 15.1. The molecular formula is C22H26N2O2. The fourth-order valence-corrected chi connectivity index (χ4v) is 3.07. The molecule has 4 nitrogen and oxygen atoms in total. The van der Waals surface area contributed by atoms with Crippen molar-refractivity contribution < 1.29 is 9.84 Å². The van der Waals surface area contributed by atoms with Gasteiger partial charge < -0.3 is 9.84 Å². The fourth-order valence-electron chi connectivity index (χ4n) is 3.07. The molecule has 0 spiro atoms. The van der Waals surface area contributed by atoms with E-state index in [9.17, 15) is 0 Å². The van der Waals surface area contributed by atoms with E-state index in [1.807, 2.05) is 42.5 Å². The van der Waals surface area contributed by atoms with Crippen LogP contribution in [0.2, 0.25) is 0 Å². The maximum Gasteiger partial charge on any atom is 0.119 e. The Labute approximate surface area is 156 Å². The Balaban J connectivity index is 1.37. The van der Waals surface area contributed by atoms with Crippen molar-refractivity contribution in [2.75, 3.05) is 45.9 Å². The lowest BCUT2D eigenvalue weighted by molar-refractivity contribution is 0.112. The summed E-state index contributed by atoms with van der Waals surface area (Å²) in [5, 5.41) is 8.74. The highest BCUT2D eigenvalue weighted by Gasteiger charge is 2.16. The van der Waals surface area contributed by atoms with Crippen LogP contribution in [0.4, 0.5) is 0 Å². The number of para-hydroxylation sites is 1. The molecule has 1 fully saturated rings. The molecule has 2 aromatic carbocycles. The minimum Gasteiger partial charge on any atom is -0.492 e. The summed E-state index contributed by atoms with van der Waals surface area (Å²) in [5.74, 6) is 6.55. The van der Waals surface area contributed by atoms with Gasteiger partial charge in [-0.25, -0.2) is 0 Å². The first-order chi connectivity index (χ1) is 12.8. The molecule has 0 radical (unpaired) electrons. The van der Waals surface area contributed by atoms with Crippen molar-refractivity contribution in [3.63, 3.8) is 0 Å². The average Bonchev–Trinajstić information content (AvgIpc) is 2.70. The minimum atomic E-state index is -0.0948. The maximum atomic E-state index is 8.74. The highest BCUT2D eigenvalue weighted by atomic mass is 16.5. The van der Waals surface area contributed by atoms with Crippen molar-refractivity contribution in [2.45, 2.75) is 6.54 Å². The molecule has 1 saturated heterocycles. The number of aliphatic hydroxyl groups is 1. The van der Waals surface area contributed by atoms with Crippen molar-refractivity contribution in [3.8, 4) is 17.6 Å². The largest absolute Gasteiger partial charge is 0.492 e. The lowest BCUT2D eigenvalue weighted by Crippen LogP contribution is -2.47. The Morgan fingerprint density at radius 3 is 2.27 bits per heavy atom. The third-order valence-corrected chi connectivity index (χ3v) is 4.56. The SMILES string of the molecule is OCC#Cc1ccc(CN2CCN(CCOc3ccccc3)CC2)cc1. The van der Waals surface area contributed by atoms with Crippen molar-refractivity contribution in [2.24, 2.45) is 0 Å². The van der Waals surface area contributed by atoms with Crippen LogP contribution in [0.3, 0.4) is 0 Å². The van der Waals surface area contributed by atoms with Crippen molar-refractivity contribution in [1.29, 1.82) is 0 Å². The quantitative estimate of drug-likeness (QED) is 0.811. The van der Waals surface area contributed by atoms with Gasteiger partial charge in [0, 0.05) is 44.8 Å². The van der Waals surface area contributed by atoms with Crippen LogP contribution in [-0.4, -0.2) is 60.8 Å². The lowest BCUT2D eigenvalue weighted by atomic mass is 10.1. The minimum absolute atomic E-state index is 0.0948. The van der Waals surface area contributed by atoms with E-state index in [1.54, 1.807) is 0 Å². The Hall–Kier alpha value is -2.32. The van der Waals surface area contributed by atoms with Crippen LogP contribution >= 0.6 is 0 Å². The molecule has 0 bridgehead atoms. The number of benzene rings is 2. The number of aliphatic hydroxyl groups excluding tert-OH is 1. The first kappa shape index (κ1) is 18.5. The molecule has 1 N–H and O–H groups in total. The van der Waals surface area contributed by atoms with E-state index in [-0.39, 0.29) is 6.61 Å². The summed E-state index contributed by atoms with van der Waals surface area (Å²) >= 11 is 0. The van der Waals surface area contributed by atoms with Gasteiger partial charge in [-0.2, -0.15) is 0 Å². The van der Waals surface area contributed by atoms with E-state index in [0.29, 0.717) is 0 Å². The molecule has 4 heteroatoms. The number of nitrogens with zero attached hydrogens (tertiary/aromatic N) is 2. The summed E-state index contributed by atoms with van der Waals surface area (Å²) < 4.78 is 5.79. The van der Waals surface area contributed by atoms with Crippen molar-refractivity contribution in [3.05, 3.63) is 65.7 Å². The van der Waals surface area contributed by atoms with Crippen LogP contribution in [0, 0.1) is 11.8 Å². The molecule has 0 amide bonds. The van der Waals surface area contributed by atoms with Crippen LogP contribution < -0.4 is 4.74 Å². The van der Waals surface area contributed by atoms with Gasteiger partial charge in [-0.3, -0.25) is 9.80 Å². The lowest BCUT2D eigenvalue weighted by Gasteiger charge is -2.34. The number of rotatable bonds is 6. The van der Waals surface area contributed by atoms with Gasteiger partial charge in [-0.15, -0.1) is 0 Å². The van der Waals surface area contributed by atoms with E-state index in [1.165, 1.54) is 5.56 Å². The Kier molecular flexibility index (Phi) is 7.09. The number of hydrogen-bond acceptors (Lipinski definition) is 4. The zero-order valence-corrected chi connectivity index (χ0v) is 15.1. The molecule has 1 heterocycles. The van der Waals surface area contributed by atoms with Gasteiger partial charge in [0.25, 0.3) is 0 Å². The molecule has 26 heavy (non-hydrogen) atoms. The third kappa shape index (κ3) is 5.89. The second-order valence-electron chi connectivity index (χ2n) is 6.44. The predicted octanol–water partition coefficient (Wildman–Crippen LogP) is 2.23. The highest BCUT2D eigenvalue weighted by molar-refractivity contribution is 5.36. The van der Waals surface area contributed by atoms with Crippen LogP contribution in [-0.2, 0) is 6.54 Å².